The van der Waals surface area contributed by atoms with Crippen LogP contribution in [-0.4, -0.2) is 18.8 Å². The van der Waals surface area contributed by atoms with Gasteiger partial charge in [0, 0.05) is 23.2 Å². The highest BCUT2D eigenvalue weighted by Gasteiger charge is 2.59. The Morgan fingerprint density at radius 2 is 1.56 bits per heavy atom. The summed E-state index contributed by atoms with van der Waals surface area (Å²) in [6, 6.07) is 3.98. The number of rotatable bonds is 7. The average Bonchev–Trinajstić information content (AvgIpc) is 2.53. The van der Waals surface area contributed by atoms with Gasteiger partial charge < -0.3 is 14.8 Å². The first-order chi connectivity index (χ1) is 12.8. The third-order valence-electron chi connectivity index (χ3n) is 6.99. The minimum Gasteiger partial charge on any atom is -0.490 e. The summed E-state index contributed by atoms with van der Waals surface area (Å²) in [4.78, 5) is 0. The molecule has 0 aromatic heterocycles. The van der Waals surface area contributed by atoms with Gasteiger partial charge in [-0.05, 0) is 80.8 Å². The van der Waals surface area contributed by atoms with Crippen LogP contribution in [0.4, 0.5) is 0 Å². The van der Waals surface area contributed by atoms with E-state index in [2.05, 4.69) is 25.2 Å². The molecule has 4 aliphatic carbocycles. The van der Waals surface area contributed by atoms with Gasteiger partial charge in [0.05, 0.1) is 13.2 Å². The van der Waals surface area contributed by atoms with Crippen LogP contribution in [0.5, 0.6) is 11.5 Å². The summed E-state index contributed by atoms with van der Waals surface area (Å²) in [6.07, 6.45) is 8.18. The summed E-state index contributed by atoms with van der Waals surface area (Å²) < 4.78 is 11.5. The summed E-state index contributed by atoms with van der Waals surface area (Å²) >= 11 is 6.60. The van der Waals surface area contributed by atoms with Crippen LogP contribution in [0, 0.1) is 16.7 Å². The molecule has 0 amide bonds. The van der Waals surface area contributed by atoms with Crippen LogP contribution in [0.15, 0.2) is 12.1 Å². The monoisotopic (exact) mass is 391 g/mol. The molecule has 4 bridgehead atoms. The maximum absolute atomic E-state index is 6.60. The zero-order chi connectivity index (χ0) is 19.3. The summed E-state index contributed by atoms with van der Waals surface area (Å²) in [5, 5.41) is 4.74. The van der Waals surface area contributed by atoms with Crippen LogP contribution >= 0.6 is 11.6 Å². The van der Waals surface area contributed by atoms with Gasteiger partial charge in [0.25, 0.3) is 0 Å². The Labute approximate surface area is 169 Å². The molecule has 0 heterocycles. The molecular weight excluding hydrogens is 358 g/mol. The van der Waals surface area contributed by atoms with E-state index in [9.17, 15) is 0 Å². The minimum atomic E-state index is 0.274. The summed E-state index contributed by atoms with van der Waals surface area (Å²) in [7, 11) is 0. The van der Waals surface area contributed by atoms with E-state index in [0.717, 1.165) is 34.5 Å². The molecule has 0 radical (unpaired) electrons. The molecule has 1 N–H and O–H groups in total. The maximum Gasteiger partial charge on any atom is 0.162 e. The van der Waals surface area contributed by atoms with E-state index >= 15 is 0 Å². The van der Waals surface area contributed by atoms with E-state index < -0.39 is 0 Å². The van der Waals surface area contributed by atoms with E-state index in [1.54, 1.807) is 0 Å². The minimum absolute atomic E-state index is 0.274. The van der Waals surface area contributed by atoms with E-state index in [-0.39, 0.29) is 5.54 Å². The van der Waals surface area contributed by atoms with Crippen molar-refractivity contribution in [3.8, 4) is 11.5 Å². The lowest BCUT2D eigenvalue weighted by Gasteiger charge is -2.65. The van der Waals surface area contributed by atoms with Gasteiger partial charge in [0.15, 0.2) is 11.5 Å². The fourth-order valence-electron chi connectivity index (χ4n) is 7.18. The van der Waals surface area contributed by atoms with E-state index in [0.29, 0.717) is 24.0 Å². The number of nitrogens with one attached hydrogen (secondary N) is 1. The van der Waals surface area contributed by atoms with Crippen LogP contribution in [-0.2, 0) is 6.54 Å². The molecule has 1 aromatic rings. The van der Waals surface area contributed by atoms with Gasteiger partial charge in [-0.15, -0.1) is 0 Å². The zero-order valence-corrected chi connectivity index (χ0v) is 18.0. The Morgan fingerprint density at radius 1 is 0.963 bits per heavy atom. The van der Waals surface area contributed by atoms with Crippen molar-refractivity contribution in [2.24, 2.45) is 16.7 Å². The molecule has 4 saturated carbocycles. The van der Waals surface area contributed by atoms with Gasteiger partial charge in [-0.1, -0.05) is 25.4 Å². The summed E-state index contributed by atoms with van der Waals surface area (Å²) in [6.45, 7) is 11.0. The quantitative estimate of drug-likeness (QED) is 0.620. The molecule has 5 rings (SSSR count). The number of halogens is 1. The number of hydrogen-bond acceptors (Lipinski definition) is 3. The van der Waals surface area contributed by atoms with Gasteiger partial charge in [0.1, 0.15) is 0 Å². The first kappa shape index (κ1) is 19.4. The highest BCUT2D eigenvalue weighted by molar-refractivity contribution is 6.31. The van der Waals surface area contributed by atoms with Crippen molar-refractivity contribution in [1.29, 1.82) is 0 Å². The standard InChI is InChI=1S/C23H34ClNO2/c1-5-26-19-7-17(18(24)8-20(19)27-6-2)12-25-23-11-16-9-21(3,14-23)13-22(4,10-16)15-23/h7-8,16,25H,5-6,9-15H2,1-4H3. The number of ether oxygens (including phenoxy) is 2. The first-order valence-electron chi connectivity index (χ1n) is 10.6. The number of hydrogen-bond donors (Lipinski definition) is 1. The van der Waals surface area contributed by atoms with Crippen molar-refractivity contribution in [2.45, 2.75) is 78.3 Å². The molecule has 0 saturated heterocycles. The zero-order valence-electron chi connectivity index (χ0n) is 17.3. The SMILES string of the molecule is CCOc1cc(Cl)c(CNC23CC4CC(C)(CC(C)(C4)C2)C3)cc1OCC. The van der Waals surface area contributed by atoms with Crippen LogP contribution in [0.2, 0.25) is 5.02 Å². The fraction of sp³-hybridized carbons (Fsp3) is 0.739. The highest BCUT2D eigenvalue weighted by Crippen LogP contribution is 2.66. The molecule has 150 valence electrons. The smallest absolute Gasteiger partial charge is 0.162 e. The van der Waals surface area contributed by atoms with Gasteiger partial charge in [-0.25, -0.2) is 0 Å². The molecule has 2 atom stereocenters. The molecule has 4 heteroatoms. The van der Waals surface area contributed by atoms with Crippen molar-refractivity contribution in [2.75, 3.05) is 13.2 Å². The van der Waals surface area contributed by atoms with E-state index in [1.807, 2.05) is 19.9 Å². The maximum atomic E-state index is 6.60. The average molecular weight is 392 g/mol. The van der Waals surface area contributed by atoms with E-state index in [1.165, 1.54) is 38.5 Å². The lowest BCUT2D eigenvalue weighted by molar-refractivity contribution is -0.118. The van der Waals surface area contributed by atoms with Gasteiger partial charge in [0.2, 0.25) is 0 Å². The molecule has 27 heavy (non-hydrogen) atoms. The Morgan fingerprint density at radius 3 is 2.11 bits per heavy atom. The van der Waals surface area contributed by atoms with Gasteiger partial charge >= 0.3 is 0 Å². The predicted molar refractivity (Wildman–Crippen MR) is 111 cm³/mol. The Balaban J connectivity index is 1.54. The second-order valence-electron chi connectivity index (χ2n) is 10.0. The Kier molecular flexibility index (Phi) is 4.91. The predicted octanol–water partition coefficient (Wildman–Crippen LogP) is 5.98. The molecular formula is C23H34ClNO2. The normalized spacial score (nSPS) is 36.9. The lowest BCUT2D eigenvalue weighted by atomic mass is 9.43. The van der Waals surface area contributed by atoms with E-state index in [4.69, 9.17) is 21.1 Å². The van der Waals surface area contributed by atoms with Crippen LogP contribution in [0.3, 0.4) is 0 Å². The largest absolute Gasteiger partial charge is 0.490 e. The van der Waals surface area contributed by atoms with Crippen LogP contribution in [0.1, 0.15) is 71.8 Å². The second kappa shape index (κ2) is 6.84. The molecule has 4 aliphatic rings. The number of benzene rings is 1. The van der Waals surface area contributed by atoms with Crippen molar-refractivity contribution >= 4 is 11.6 Å². The summed E-state index contributed by atoms with van der Waals surface area (Å²) in [5.41, 5.74) is 2.41. The first-order valence-corrected chi connectivity index (χ1v) is 11.0. The Bertz CT molecular complexity index is 701. The molecule has 0 spiro atoms. The third kappa shape index (κ3) is 3.70. The fourth-order valence-corrected chi connectivity index (χ4v) is 7.40. The van der Waals surface area contributed by atoms with Gasteiger partial charge in [-0.2, -0.15) is 0 Å². The van der Waals surface area contributed by atoms with Crippen LogP contribution < -0.4 is 14.8 Å². The Hall–Kier alpha value is -0.930. The van der Waals surface area contributed by atoms with Crippen molar-refractivity contribution in [3.05, 3.63) is 22.7 Å². The topological polar surface area (TPSA) is 30.5 Å². The van der Waals surface area contributed by atoms with Crippen molar-refractivity contribution < 1.29 is 9.47 Å². The highest BCUT2D eigenvalue weighted by atomic mass is 35.5. The lowest BCUT2D eigenvalue weighted by Crippen LogP contribution is -2.63. The third-order valence-corrected chi connectivity index (χ3v) is 7.34. The molecule has 2 unspecified atom stereocenters. The van der Waals surface area contributed by atoms with Crippen molar-refractivity contribution in [3.63, 3.8) is 0 Å². The molecule has 4 fully saturated rings. The van der Waals surface area contributed by atoms with Crippen LogP contribution in [0.25, 0.3) is 0 Å². The van der Waals surface area contributed by atoms with Crippen molar-refractivity contribution in [1.82, 2.24) is 5.32 Å². The second-order valence-corrected chi connectivity index (χ2v) is 10.4. The molecule has 1 aromatic carbocycles. The van der Waals surface area contributed by atoms with Gasteiger partial charge in [-0.3, -0.25) is 0 Å². The summed E-state index contributed by atoms with van der Waals surface area (Å²) in [5.74, 6) is 2.42. The molecule has 3 nitrogen and oxygen atoms in total. The molecule has 0 aliphatic heterocycles.